The van der Waals surface area contributed by atoms with E-state index in [0.717, 1.165) is 4.90 Å². The summed E-state index contributed by atoms with van der Waals surface area (Å²) in [6.45, 7) is 1.76. The van der Waals surface area contributed by atoms with Gasteiger partial charge in [-0.1, -0.05) is 22.1 Å². The zero-order chi connectivity index (χ0) is 11.4. The molecule has 17 heavy (non-hydrogen) atoms. The van der Waals surface area contributed by atoms with Gasteiger partial charge in [0.15, 0.2) is 0 Å². The molecule has 0 aliphatic rings. The number of nitrogens with zero attached hydrogens (tertiary/aromatic N) is 1. The van der Waals surface area contributed by atoms with E-state index in [2.05, 4.69) is 0 Å². The molecule has 0 amide bonds. The largest absolute Gasteiger partial charge is 1.00 e. The summed E-state index contributed by atoms with van der Waals surface area (Å²) in [6.07, 6.45) is -1.38. The van der Waals surface area contributed by atoms with E-state index in [1.807, 2.05) is 0 Å². The molecule has 0 bridgehead atoms. The van der Waals surface area contributed by atoms with Gasteiger partial charge in [0.2, 0.25) is 0 Å². The van der Waals surface area contributed by atoms with Crippen molar-refractivity contribution in [2.24, 2.45) is 0 Å². The van der Waals surface area contributed by atoms with Crippen LogP contribution in [0.4, 0.5) is 0 Å². The van der Waals surface area contributed by atoms with Crippen LogP contribution < -0.4 is 108 Å². The summed E-state index contributed by atoms with van der Waals surface area (Å²) in [5.41, 5.74) is 0. The van der Waals surface area contributed by atoms with Crippen molar-refractivity contribution in [1.29, 1.82) is 0 Å². The molecule has 86 valence electrons. The standard InChI is InChI=1S/C5H15NO6P2.3Na/c1-2-3-6(4-13(7,8)9)5-14(10,11)12;;;/h2-5H2,1H3,(H2,7,8,9)(H2,10,11,12);;;/q;3*+1/p-4. The molecule has 0 unspecified atom stereocenters. The van der Waals surface area contributed by atoms with Crippen molar-refractivity contribution in [2.75, 3.05) is 19.1 Å². The summed E-state index contributed by atoms with van der Waals surface area (Å²) < 4.78 is 20.7. The Balaban J connectivity index is -0.000000282. The Morgan fingerprint density at radius 3 is 1.35 bits per heavy atom. The normalized spacial score (nSPS) is 11.2. The van der Waals surface area contributed by atoms with Crippen LogP contribution in [0.3, 0.4) is 0 Å². The third-order valence-corrected chi connectivity index (χ3v) is 2.78. The first-order valence-corrected chi connectivity index (χ1v) is 7.34. The number of rotatable bonds is 6. The van der Waals surface area contributed by atoms with Gasteiger partial charge in [0, 0.05) is 12.6 Å². The van der Waals surface area contributed by atoms with Crippen molar-refractivity contribution in [1.82, 2.24) is 4.90 Å². The Labute approximate surface area is 167 Å². The van der Waals surface area contributed by atoms with Gasteiger partial charge in [0.1, 0.15) is 0 Å². The molecule has 0 atom stereocenters. The van der Waals surface area contributed by atoms with Gasteiger partial charge in [-0.2, -0.15) is 0 Å². The van der Waals surface area contributed by atoms with Gasteiger partial charge < -0.3 is 28.7 Å². The van der Waals surface area contributed by atoms with Gasteiger partial charge in [0.25, 0.3) is 0 Å². The van der Waals surface area contributed by atoms with E-state index < -0.39 is 27.8 Å². The van der Waals surface area contributed by atoms with Crippen LogP contribution in [0.25, 0.3) is 0 Å². The van der Waals surface area contributed by atoms with E-state index in [4.69, 9.17) is 0 Å². The van der Waals surface area contributed by atoms with E-state index >= 15 is 0 Å². The summed E-state index contributed by atoms with van der Waals surface area (Å²) in [6, 6.07) is 0. The zero-order valence-corrected chi connectivity index (χ0v) is 18.4. The Bertz CT molecular complexity index is 244. The zero-order valence-electron chi connectivity index (χ0n) is 10.6. The topological polar surface area (TPSA) is 130 Å². The van der Waals surface area contributed by atoms with Gasteiger partial charge >= 0.3 is 88.7 Å². The van der Waals surface area contributed by atoms with Crippen molar-refractivity contribution >= 4 is 15.2 Å². The van der Waals surface area contributed by atoms with Gasteiger partial charge in [-0.15, -0.1) is 0 Å². The molecule has 7 nitrogen and oxygen atoms in total. The van der Waals surface area contributed by atoms with Crippen LogP contribution in [0, 0.1) is 0 Å². The molecule has 0 heterocycles. The fourth-order valence-electron chi connectivity index (χ4n) is 0.992. The maximum absolute atomic E-state index is 10.3. The van der Waals surface area contributed by atoms with Crippen LogP contribution in [-0.2, 0) is 9.13 Å². The summed E-state index contributed by atoms with van der Waals surface area (Å²) in [7, 11) is -9.62. The van der Waals surface area contributed by atoms with Crippen LogP contribution in [0.2, 0.25) is 0 Å². The molecule has 0 aromatic carbocycles. The Morgan fingerprint density at radius 1 is 0.882 bits per heavy atom. The van der Waals surface area contributed by atoms with E-state index in [0.29, 0.717) is 6.42 Å². The van der Waals surface area contributed by atoms with Crippen LogP contribution >= 0.6 is 15.2 Å². The minimum Gasteiger partial charge on any atom is -0.810 e. The molecule has 12 heteroatoms. The van der Waals surface area contributed by atoms with Crippen molar-refractivity contribution < 1.29 is 117 Å². The summed E-state index contributed by atoms with van der Waals surface area (Å²) in [4.78, 5) is 42.2. The monoisotopic (exact) mass is 312 g/mol. The SMILES string of the molecule is CCCN(CP(=O)([O-])[O-])CP(=O)([O-])[O-].[Na+].[Na+].[Na+]. The quantitative estimate of drug-likeness (QED) is 0.351. The second kappa shape index (κ2) is 13.0. The molecule has 0 radical (unpaired) electrons. The third kappa shape index (κ3) is 21.7. The van der Waals surface area contributed by atoms with Gasteiger partial charge in [-0.05, 0) is 13.0 Å². The maximum atomic E-state index is 10.3. The van der Waals surface area contributed by atoms with Crippen LogP contribution in [0.15, 0.2) is 0 Å². The molecule has 0 aromatic heterocycles. The fourth-order valence-corrected chi connectivity index (χ4v) is 2.61. The molecule has 0 N–H and O–H groups in total. The number of hydrogen-bond donors (Lipinski definition) is 0. The Morgan fingerprint density at radius 2 is 1.18 bits per heavy atom. The number of hydrogen-bond acceptors (Lipinski definition) is 7. The summed E-state index contributed by atoms with van der Waals surface area (Å²) in [5, 5.41) is 0. The fraction of sp³-hybridized carbons (Fsp3) is 1.00. The second-order valence-corrected chi connectivity index (χ2v) is 5.91. The average Bonchev–Trinajstić information content (AvgIpc) is 1.78. The predicted octanol–water partition coefficient (Wildman–Crippen LogP) is -11.5. The molecular formula is C5H11NNa3O6P2-. The van der Waals surface area contributed by atoms with Crippen molar-refractivity contribution in [3.8, 4) is 0 Å². The first kappa shape index (κ1) is 28.4. The van der Waals surface area contributed by atoms with Gasteiger partial charge in [-0.3, -0.25) is 4.90 Å². The summed E-state index contributed by atoms with van der Waals surface area (Å²) >= 11 is 0. The van der Waals surface area contributed by atoms with E-state index in [1.54, 1.807) is 6.92 Å². The smallest absolute Gasteiger partial charge is 0.810 e. The molecule has 0 rings (SSSR count). The van der Waals surface area contributed by atoms with E-state index in [-0.39, 0.29) is 95.2 Å². The first-order valence-electron chi connectivity index (χ1n) is 3.88. The van der Waals surface area contributed by atoms with Gasteiger partial charge in [0.05, 0.1) is 0 Å². The third-order valence-electron chi connectivity index (χ3n) is 1.29. The predicted molar refractivity (Wildman–Crippen MR) is 41.9 cm³/mol. The minimum atomic E-state index is -4.81. The second-order valence-electron chi connectivity index (χ2n) is 2.90. The minimum absolute atomic E-state index is 0. The summed E-state index contributed by atoms with van der Waals surface area (Å²) in [5.74, 6) is 0. The molecule has 0 saturated carbocycles. The van der Waals surface area contributed by atoms with Crippen molar-refractivity contribution in [3.05, 3.63) is 0 Å². The Kier molecular flexibility index (Phi) is 21.7. The first-order chi connectivity index (χ1) is 6.14. The van der Waals surface area contributed by atoms with E-state index in [1.165, 1.54) is 0 Å². The molecule has 0 aromatic rings. The van der Waals surface area contributed by atoms with E-state index in [9.17, 15) is 28.7 Å². The average molecular weight is 312 g/mol. The molecular weight excluding hydrogens is 301 g/mol. The molecule has 0 aliphatic heterocycles. The molecule has 0 aliphatic carbocycles. The van der Waals surface area contributed by atoms with Crippen molar-refractivity contribution in [2.45, 2.75) is 13.3 Å². The molecule has 0 fully saturated rings. The van der Waals surface area contributed by atoms with Gasteiger partial charge in [-0.25, -0.2) is 0 Å². The van der Waals surface area contributed by atoms with Crippen LogP contribution in [-0.4, -0.2) is 24.0 Å². The Hall–Kier alpha value is 3.26. The van der Waals surface area contributed by atoms with Crippen molar-refractivity contribution in [3.63, 3.8) is 0 Å². The molecule has 0 spiro atoms. The van der Waals surface area contributed by atoms with Crippen LogP contribution in [0.1, 0.15) is 13.3 Å². The van der Waals surface area contributed by atoms with Crippen LogP contribution in [0.5, 0.6) is 0 Å². The maximum Gasteiger partial charge on any atom is 1.00 e. The molecule has 0 saturated heterocycles.